The molecule has 0 heterocycles. The van der Waals surface area contributed by atoms with Crippen molar-refractivity contribution in [3.8, 4) is 0 Å². The van der Waals surface area contributed by atoms with Crippen LogP contribution in [-0.4, -0.2) is 157 Å². The van der Waals surface area contributed by atoms with Crippen molar-refractivity contribution in [3.05, 3.63) is 60.7 Å². The van der Waals surface area contributed by atoms with Crippen LogP contribution in [0.3, 0.4) is 0 Å². The van der Waals surface area contributed by atoms with E-state index in [0.29, 0.717) is 61.7 Å². The zero-order valence-corrected chi connectivity index (χ0v) is 54.4. The van der Waals surface area contributed by atoms with E-state index in [2.05, 4.69) is 103 Å². The fourth-order valence-electron chi connectivity index (χ4n) is 9.70. The molecule has 0 bridgehead atoms. The number of rotatable bonds is 48. The Balaban J connectivity index is 0. The molecule has 0 aliphatic carbocycles. The lowest BCUT2D eigenvalue weighted by atomic mass is 10.1. The Bertz CT molecular complexity index is 1810. The van der Waals surface area contributed by atoms with Gasteiger partial charge in [0.1, 0.15) is 0 Å². The summed E-state index contributed by atoms with van der Waals surface area (Å²) in [4.78, 5) is 63.0. The molecule has 0 atom stereocenters. The van der Waals surface area contributed by atoms with Gasteiger partial charge in [0.25, 0.3) is 0 Å². The molecule has 2 aromatic carbocycles. The molecule has 2 rings (SSSR count). The summed E-state index contributed by atoms with van der Waals surface area (Å²) in [6, 6.07) is 22.2. The topological polar surface area (TPSA) is 183 Å². The average molecular weight is 1220 g/mol. The summed E-state index contributed by atoms with van der Waals surface area (Å²) in [5, 5.41) is 40.6. The number of hydrogen-bond acceptors (Lipinski definition) is 9. The van der Waals surface area contributed by atoms with E-state index in [-0.39, 0.29) is 94.4 Å². The number of carbonyl (C=O) groups excluding carboxylic acids is 5. The van der Waals surface area contributed by atoms with Gasteiger partial charge < -0.3 is 15.5 Å². The summed E-state index contributed by atoms with van der Waals surface area (Å²) in [5.41, 5.74) is 0. The SMILES string of the molecule is CC(=O)N(O)CCCCCNC(=O)CCC(=O)N(O)CCCCCNC(=O)CCC(=O)N(O)CCCCCN(CCCCCCCCCC[P+](C)(C)c1ccccc1)CCCCCCCCCC[P+](C)(C)c1ccccc1.Cl.Cl.Cl. The van der Waals surface area contributed by atoms with Gasteiger partial charge in [0.2, 0.25) is 29.5 Å². The summed E-state index contributed by atoms with van der Waals surface area (Å²) < 4.78 is 0. The van der Waals surface area contributed by atoms with E-state index in [9.17, 15) is 39.6 Å². The van der Waals surface area contributed by atoms with Gasteiger partial charge in [-0.05, 0) is 134 Å². The van der Waals surface area contributed by atoms with Gasteiger partial charge in [0, 0.05) is 79.9 Å². The predicted molar refractivity (Wildman–Crippen MR) is 344 cm³/mol. The summed E-state index contributed by atoms with van der Waals surface area (Å²) in [5.74, 6) is -1.96. The molecule has 5 N–H and O–H groups in total. The molecule has 0 fully saturated rings. The first-order chi connectivity index (χ1) is 37.0. The van der Waals surface area contributed by atoms with E-state index in [1.165, 1.54) is 122 Å². The lowest BCUT2D eigenvalue weighted by Crippen LogP contribution is -2.31. The minimum Gasteiger partial charge on any atom is -0.356 e. The molecule has 0 aromatic heterocycles. The summed E-state index contributed by atoms with van der Waals surface area (Å²) in [6.45, 7) is 16.0. The Morgan fingerprint density at radius 2 is 0.650 bits per heavy atom. The quantitative estimate of drug-likeness (QED) is 0.0186. The number of nitrogens with one attached hydrogen (secondary N) is 2. The van der Waals surface area contributed by atoms with Gasteiger partial charge >= 0.3 is 0 Å². The number of nitrogens with zero attached hydrogens (tertiary/aromatic N) is 4. The maximum absolute atomic E-state index is 12.6. The molecule has 80 heavy (non-hydrogen) atoms. The van der Waals surface area contributed by atoms with Gasteiger partial charge in [0.15, 0.2) is 0 Å². The van der Waals surface area contributed by atoms with Crippen LogP contribution in [0, 0.1) is 0 Å². The summed E-state index contributed by atoms with van der Waals surface area (Å²) in [7, 11) is -2.03. The van der Waals surface area contributed by atoms with Crippen LogP contribution < -0.4 is 21.2 Å². The van der Waals surface area contributed by atoms with Crippen molar-refractivity contribution in [1.29, 1.82) is 0 Å². The second kappa shape index (κ2) is 49.8. The van der Waals surface area contributed by atoms with Gasteiger partial charge in [-0.25, -0.2) is 15.2 Å². The second-order valence-corrected chi connectivity index (χ2v) is 31.2. The first kappa shape index (κ1) is 79.4. The van der Waals surface area contributed by atoms with Gasteiger partial charge in [-0.15, -0.1) is 37.2 Å². The minimum absolute atomic E-state index is 0. The molecule has 5 amide bonds. The van der Waals surface area contributed by atoms with Crippen molar-refractivity contribution in [2.75, 3.05) is 91.3 Å². The van der Waals surface area contributed by atoms with Crippen LogP contribution in [-0.2, 0) is 24.0 Å². The van der Waals surface area contributed by atoms with Crippen molar-refractivity contribution in [1.82, 2.24) is 30.7 Å². The van der Waals surface area contributed by atoms with Crippen LogP contribution in [0.2, 0.25) is 0 Å². The number of hydroxylamine groups is 6. The monoisotopic (exact) mass is 1220 g/mol. The fraction of sp³-hybridized carbons (Fsp3) is 0.721. The summed E-state index contributed by atoms with van der Waals surface area (Å²) in [6.07, 6.45) is 30.0. The van der Waals surface area contributed by atoms with Crippen LogP contribution in [0.5, 0.6) is 0 Å². The van der Waals surface area contributed by atoms with E-state index in [1.54, 1.807) is 10.6 Å². The first-order valence-corrected chi connectivity index (χ1v) is 35.7. The Morgan fingerprint density at radius 3 is 0.988 bits per heavy atom. The normalized spacial score (nSPS) is 11.3. The molecule has 14 nitrogen and oxygen atoms in total. The molecule has 0 saturated heterocycles. The molecule has 462 valence electrons. The van der Waals surface area contributed by atoms with Crippen molar-refractivity contribution in [2.24, 2.45) is 0 Å². The largest absolute Gasteiger partial charge is 0.356 e. The third kappa shape index (κ3) is 40.6. The molecule has 0 unspecified atom stereocenters. The number of carbonyl (C=O) groups is 5. The number of unbranched alkanes of at least 4 members (excludes halogenated alkanes) is 20. The summed E-state index contributed by atoms with van der Waals surface area (Å²) >= 11 is 0. The third-order valence-electron chi connectivity index (χ3n) is 14.9. The van der Waals surface area contributed by atoms with E-state index < -0.39 is 32.2 Å². The predicted octanol–water partition coefficient (Wildman–Crippen LogP) is 13.0. The van der Waals surface area contributed by atoms with E-state index in [1.807, 2.05) is 0 Å². The molecule has 0 radical (unpaired) electrons. The van der Waals surface area contributed by atoms with Crippen molar-refractivity contribution < 1.29 is 39.6 Å². The molecule has 0 spiro atoms. The third-order valence-corrected chi connectivity index (χ3v) is 21.2. The zero-order valence-electron chi connectivity index (χ0n) is 50.1. The second-order valence-electron chi connectivity index (χ2n) is 22.5. The highest BCUT2D eigenvalue weighted by Gasteiger charge is 2.28. The fourth-order valence-corrected chi connectivity index (χ4v) is 14.2. The highest BCUT2D eigenvalue weighted by molar-refractivity contribution is 7.81. The Labute approximate surface area is 504 Å². The van der Waals surface area contributed by atoms with Crippen molar-refractivity contribution in [3.63, 3.8) is 0 Å². The van der Waals surface area contributed by atoms with Crippen LogP contribution >= 0.6 is 51.7 Å². The van der Waals surface area contributed by atoms with Gasteiger partial charge in [-0.2, -0.15) is 0 Å². The average Bonchev–Trinajstić information content (AvgIpc) is 3.42. The number of amides is 5. The van der Waals surface area contributed by atoms with Crippen LogP contribution in [0.15, 0.2) is 60.7 Å². The zero-order chi connectivity index (χ0) is 56.4. The van der Waals surface area contributed by atoms with Gasteiger partial charge in [0.05, 0.1) is 49.6 Å². The molecule has 0 saturated carbocycles. The molecular formula is C61H111Cl3N6O8P2+2. The van der Waals surface area contributed by atoms with Crippen molar-refractivity contribution in [2.45, 2.75) is 193 Å². The molecular weight excluding hydrogens is 1110 g/mol. The number of benzene rings is 2. The van der Waals surface area contributed by atoms with Crippen molar-refractivity contribution >= 4 is 91.9 Å². The molecule has 0 aliphatic heterocycles. The lowest BCUT2D eigenvalue weighted by Gasteiger charge is -2.23. The lowest BCUT2D eigenvalue weighted by molar-refractivity contribution is -0.166. The van der Waals surface area contributed by atoms with E-state index in [4.69, 9.17) is 0 Å². The Hall–Kier alpha value is -2.64. The van der Waals surface area contributed by atoms with Gasteiger partial charge in [-0.1, -0.05) is 107 Å². The molecule has 2 aromatic rings. The smallest absolute Gasteiger partial charge is 0.246 e. The van der Waals surface area contributed by atoms with Crippen LogP contribution in [0.25, 0.3) is 0 Å². The minimum atomic E-state index is -1.02. The standard InChI is InChI=1S/C61H106N6O8P2.3ClH/c1-55(68)65(73)50-32-20-27-45-62-58(69)41-43-60(71)66(74)51-33-21-28-46-63-59(70)42-44-61(72)67(75)52-34-22-31-49-64(47-29-14-10-6-8-12-16-35-53-76(2,3)56-37-23-18-24-38-56)48-30-15-11-7-9-13-17-36-54-77(4,5)57-39-25-19-26-40-57;;;/h18-19,23-26,37-40,73-75H,6-17,20-22,27-36,41-54H2,1-5H3;3*1H/p+2. The maximum atomic E-state index is 12.6. The highest BCUT2D eigenvalue weighted by atomic mass is 35.5. The number of halogens is 3. The van der Waals surface area contributed by atoms with Crippen LogP contribution in [0.1, 0.15) is 193 Å². The van der Waals surface area contributed by atoms with Gasteiger partial charge in [-0.3, -0.25) is 39.6 Å². The number of hydrogen-bond donors (Lipinski definition) is 5. The molecule has 0 aliphatic rings. The Morgan fingerprint density at radius 1 is 0.375 bits per heavy atom. The van der Waals surface area contributed by atoms with Crippen LogP contribution in [0.4, 0.5) is 0 Å². The van der Waals surface area contributed by atoms with E-state index in [0.717, 1.165) is 44.0 Å². The maximum Gasteiger partial charge on any atom is 0.246 e. The van der Waals surface area contributed by atoms with E-state index >= 15 is 0 Å². The molecule has 19 heteroatoms. The Kier molecular flexibility index (Phi) is 49.4. The first-order valence-electron chi connectivity index (χ1n) is 30.0. The highest BCUT2D eigenvalue weighted by Crippen LogP contribution is 2.51.